The van der Waals surface area contributed by atoms with Gasteiger partial charge in [0.25, 0.3) is 5.91 Å². The molecule has 138 valence electrons. The molecule has 2 aromatic rings. The van der Waals surface area contributed by atoms with Gasteiger partial charge in [0.05, 0.1) is 10.9 Å². The Balaban J connectivity index is 2.11. The second-order valence-electron chi connectivity index (χ2n) is 5.73. The smallest absolute Gasteiger partial charge is 0.251 e. The summed E-state index contributed by atoms with van der Waals surface area (Å²) in [4.78, 5) is 23.6. The summed E-state index contributed by atoms with van der Waals surface area (Å²) in [6, 6.07) is 12.6. The molecule has 1 unspecified atom stereocenters. The maximum atomic E-state index is 12.4. The fraction of sp³-hybridized carbons (Fsp3) is 0.222. The molecule has 0 saturated heterocycles. The molecule has 0 heterocycles. The van der Waals surface area contributed by atoms with Gasteiger partial charge >= 0.3 is 0 Å². The van der Waals surface area contributed by atoms with Crippen LogP contribution in [0.2, 0.25) is 0 Å². The van der Waals surface area contributed by atoms with Crippen molar-refractivity contribution in [1.29, 1.82) is 0 Å². The lowest BCUT2D eigenvalue weighted by Crippen LogP contribution is -2.27. The third-order valence-electron chi connectivity index (χ3n) is 3.75. The van der Waals surface area contributed by atoms with Crippen LogP contribution in [0.3, 0.4) is 0 Å². The predicted octanol–water partition coefficient (Wildman–Crippen LogP) is 2.04. The maximum absolute atomic E-state index is 12.4. The number of nitrogens with one attached hydrogen (secondary N) is 3. The molecule has 0 fully saturated rings. The Morgan fingerprint density at radius 3 is 2.27 bits per heavy atom. The Labute approximate surface area is 152 Å². The van der Waals surface area contributed by atoms with Crippen molar-refractivity contribution in [2.75, 3.05) is 12.4 Å². The second kappa shape index (κ2) is 8.11. The van der Waals surface area contributed by atoms with Crippen LogP contribution in [0, 0.1) is 0 Å². The zero-order chi connectivity index (χ0) is 19.3. The van der Waals surface area contributed by atoms with Crippen LogP contribution in [0.25, 0.3) is 0 Å². The SMILES string of the molecule is CNS(=O)(=O)c1ccc(C(=O)NC(C)c2cccc(NC(C)=O)c2)cc1. The lowest BCUT2D eigenvalue weighted by molar-refractivity contribution is -0.114. The van der Waals surface area contributed by atoms with Crippen molar-refractivity contribution in [3.05, 3.63) is 59.7 Å². The largest absolute Gasteiger partial charge is 0.346 e. The summed E-state index contributed by atoms with van der Waals surface area (Å²) < 4.78 is 25.6. The molecule has 7 nitrogen and oxygen atoms in total. The van der Waals surface area contributed by atoms with Gasteiger partial charge in [-0.3, -0.25) is 9.59 Å². The van der Waals surface area contributed by atoms with E-state index < -0.39 is 10.0 Å². The van der Waals surface area contributed by atoms with E-state index in [0.717, 1.165) is 5.56 Å². The highest BCUT2D eigenvalue weighted by Gasteiger charge is 2.15. The van der Waals surface area contributed by atoms with Gasteiger partial charge in [-0.25, -0.2) is 13.1 Å². The van der Waals surface area contributed by atoms with Crippen molar-refractivity contribution in [2.45, 2.75) is 24.8 Å². The molecule has 3 N–H and O–H groups in total. The summed E-state index contributed by atoms with van der Waals surface area (Å²) in [6.45, 7) is 3.25. The highest BCUT2D eigenvalue weighted by Crippen LogP contribution is 2.18. The molecular weight excluding hydrogens is 354 g/mol. The molecule has 8 heteroatoms. The third-order valence-corrected chi connectivity index (χ3v) is 5.18. The van der Waals surface area contributed by atoms with Crippen LogP contribution in [-0.4, -0.2) is 27.3 Å². The predicted molar refractivity (Wildman–Crippen MR) is 99.3 cm³/mol. The Morgan fingerprint density at radius 2 is 1.69 bits per heavy atom. The number of anilines is 1. The van der Waals surface area contributed by atoms with E-state index in [0.29, 0.717) is 11.3 Å². The van der Waals surface area contributed by atoms with Crippen LogP contribution in [0.1, 0.15) is 35.8 Å². The average Bonchev–Trinajstić information content (AvgIpc) is 2.61. The van der Waals surface area contributed by atoms with Crippen molar-refractivity contribution >= 4 is 27.5 Å². The normalized spacial score (nSPS) is 12.3. The molecule has 2 amide bonds. The van der Waals surface area contributed by atoms with Gasteiger partial charge in [0, 0.05) is 18.2 Å². The monoisotopic (exact) mass is 375 g/mol. The van der Waals surface area contributed by atoms with Gasteiger partial charge in [0.1, 0.15) is 0 Å². The first-order valence-electron chi connectivity index (χ1n) is 7.95. The summed E-state index contributed by atoms with van der Waals surface area (Å²) >= 11 is 0. The molecule has 1 atom stereocenters. The average molecular weight is 375 g/mol. The minimum atomic E-state index is -3.54. The minimum Gasteiger partial charge on any atom is -0.346 e. The fourth-order valence-electron chi connectivity index (χ4n) is 2.36. The van der Waals surface area contributed by atoms with Crippen LogP contribution in [0.15, 0.2) is 53.4 Å². The molecule has 0 aromatic heterocycles. The molecule has 0 aliphatic heterocycles. The highest BCUT2D eigenvalue weighted by atomic mass is 32.2. The quantitative estimate of drug-likeness (QED) is 0.719. The number of hydrogen-bond acceptors (Lipinski definition) is 4. The standard InChI is InChI=1S/C18H21N3O4S/c1-12(15-5-4-6-16(11-15)21-13(2)22)20-18(23)14-7-9-17(10-8-14)26(24,25)19-3/h4-12,19H,1-3H3,(H,20,23)(H,21,22). The van der Waals surface area contributed by atoms with E-state index in [1.54, 1.807) is 18.2 Å². The molecule has 2 aromatic carbocycles. The number of amides is 2. The zero-order valence-electron chi connectivity index (χ0n) is 14.7. The van der Waals surface area contributed by atoms with Gasteiger partial charge in [-0.15, -0.1) is 0 Å². The van der Waals surface area contributed by atoms with Crippen LogP contribution in [0.4, 0.5) is 5.69 Å². The van der Waals surface area contributed by atoms with E-state index in [9.17, 15) is 18.0 Å². The maximum Gasteiger partial charge on any atom is 0.251 e. The van der Waals surface area contributed by atoms with E-state index in [-0.39, 0.29) is 22.8 Å². The molecule has 0 spiro atoms. The zero-order valence-corrected chi connectivity index (χ0v) is 15.6. The lowest BCUT2D eigenvalue weighted by Gasteiger charge is -2.16. The number of hydrogen-bond donors (Lipinski definition) is 3. The first-order chi connectivity index (χ1) is 12.2. The molecule has 0 saturated carbocycles. The van der Waals surface area contributed by atoms with Crippen molar-refractivity contribution in [3.8, 4) is 0 Å². The van der Waals surface area contributed by atoms with Crippen LogP contribution in [0.5, 0.6) is 0 Å². The Bertz CT molecular complexity index is 908. The third kappa shape index (κ3) is 4.90. The van der Waals surface area contributed by atoms with Gasteiger partial charge in [0.15, 0.2) is 0 Å². The summed E-state index contributed by atoms with van der Waals surface area (Å²) in [6.07, 6.45) is 0. The first-order valence-corrected chi connectivity index (χ1v) is 9.43. The molecule has 0 bridgehead atoms. The van der Waals surface area contributed by atoms with Crippen molar-refractivity contribution in [2.24, 2.45) is 0 Å². The van der Waals surface area contributed by atoms with E-state index in [1.165, 1.54) is 38.2 Å². The summed E-state index contributed by atoms with van der Waals surface area (Å²) in [5.41, 5.74) is 1.83. The van der Waals surface area contributed by atoms with Crippen LogP contribution in [-0.2, 0) is 14.8 Å². The van der Waals surface area contributed by atoms with Gasteiger partial charge < -0.3 is 10.6 Å². The Morgan fingerprint density at radius 1 is 1.04 bits per heavy atom. The van der Waals surface area contributed by atoms with Crippen LogP contribution < -0.4 is 15.4 Å². The topological polar surface area (TPSA) is 104 Å². The number of carbonyl (C=O) groups excluding carboxylic acids is 2. The lowest BCUT2D eigenvalue weighted by atomic mass is 10.1. The van der Waals surface area contributed by atoms with Gasteiger partial charge in [-0.1, -0.05) is 12.1 Å². The molecule has 26 heavy (non-hydrogen) atoms. The van der Waals surface area contributed by atoms with Crippen molar-refractivity contribution < 1.29 is 18.0 Å². The fourth-order valence-corrected chi connectivity index (χ4v) is 3.09. The first kappa shape index (κ1) is 19.6. The van der Waals surface area contributed by atoms with E-state index in [2.05, 4.69) is 15.4 Å². The molecular formula is C18H21N3O4S. The molecule has 0 aliphatic rings. The van der Waals surface area contributed by atoms with E-state index >= 15 is 0 Å². The minimum absolute atomic E-state index is 0.0904. The second-order valence-corrected chi connectivity index (χ2v) is 7.62. The van der Waals surface area contributed by atoms with Gasteiger partial charge in [0.2, 0.25) is 15.9 Å². The number of benzene rings is 2. The summed E-state index contributed by atoms with van der Waals surface area (Å²) in [5.74, 6) is -0.494. The summed E-state index contributed by atoms with van der Waals surface area (Å²) in [7, 11) is -2.21. The number of sulfonamides is 1. The van der Waals surface area contributed by atoms with Crippen molar-refractivity contribution in [1.82, 2.24) is 10.0 Å². The highest BCUT2D eigenvalue weighted by molar-refractivity contribution is 7.89. The van der Waals surface area contributed by atoms with Crippen molar-refractivity contribution in [3.63, 3.8) is 0 Å². The number of carbonyl (C=O) groups is 2. The van der Waals surface area contributed by atoms with Crippen LogP contribution >= 0.6 is 0 Å². The molecule has 2 rings (SSSR count). The van der Waals surface area contributed by atoms with E-state index in [4.69, 9.17) is 0 Å². The number of rotatable bonds is 6. The van der Waals surface area contributed by atoms with E-state index in [1.807, 2.05) is 13.0 Å². The molecule has 0 radical (unpaired) electrons. The molecule has 0 aliphatic carbocycles. The van der Waals surface area contributed by atoms with Gasteiger partial charge in [-0.05, 0) is 55.9 Å². The van der Waals surface area contributed by atoms with Gasteiger partial charge in [-0.2, -0.15) is 0 Å². The summed E-state index contributed by atoms with van der Waals surface area (Å²) in [5, 5.41) is 5.54. The Kier molecular flexibility index (Phi) is 6.12. The Hall–Kier alpha value is -2.71.